The number of hydrogen-bond donors (Lipinski definition) is 0. The summed E-state index contributed by atoms with van der Waals surface area (Å²) in [5.41, 5.74) is 0.989. The van der Waals surface area contributed by atoms with Crippen LogP contribution >= 0.6 is 34.5 Å². The van der Waals surface area contributed by atoms with Crippen LogP contribution in [-0.4, -0.2) is 27.8 Å². The molecule has 3 rings (SSSR count). The predicted octanol–water partition coefficient (Wildman–Crippen LogP) is 3.72. The molecule has 0 atom stereocenters. The van der Waals surface area contributed by atoms with Gasteiger partial charge in [-0.05, 0) is 30.7 Å². The number of carbonyl (C=O) groups is 1. The molecule has 3 heterocycles. The highest BCUT2D eigenvalue weighted by Crippen LogP contribution is 2.31. The lowest BCUT2D eigenvalue weighted by atomic mass is 10.2. The Kier molecular flexibility index (Phi) is 4.70. The molecule has 0 fully saturated rings. The number of thiazole rings is 1. The Bertz CT molecular complexity index is 966. The second kappa shape index (κ2) is 6.51. The number of rotatable bonds is 5. The van der Waals surface area contributed by atoms with Crippen molar-refractivity contribution in [3.63, 3.8) is 0 Å². The molecule has 0 amide bonds. The average molecular weight is 407 g/mol. The van der Waals surface area contributed by atoms with Gasteiger partial charge in [-0.25, -0.2) is 9.55 Å². The van der Waals surface area contributed by atoms with Crippen molar-refractivity contribution in [2.45, 2.75) is 18.9 Å². The number of fused-ring (bicyclic) bond motifs is 1. The van der Waals surface area contributed by atoms with Crippen molar-refractivity contribution in [3.8, 4) is 5.88 Å². The molecule has 0 bridgehead atoms. The largest absolute Gasteiger partial charge is 0.462 e. The van der Waals surface area contributed by atoms with Gasteiger partial charge in [-0.2, -0.15) is 13.2 Å². The minimum Gasteiger partial charge on any atom is -0.462 e. The number of methoxy groups -OCH3 is 1. The minimum absolute atomic E-state index is 0.0142. The lowest BCUT2D eigenvalue weighted by Gasteiger charge is -2.06. The Morgan fingerprint density at radius 3 is 2.80 bits per heavy atom. The molecule has 0 radical (unpaired) electrons. The molecule has 3 aromatic rings. The fourth-order valence-corrected chi connectivity index (χ4v) is 3.72. The molecule has 5 nitrogen and oxygen atoms in total. The molecular weight excluding hydrogens is 395 g/mol. The van der Waals surface area contributed by atoms with Gasteiger partial charge in [0.2, 0.25) is 0 Å². The number of ether oxygens (including phenoxy) is 1. The van der Waals surface area contributed by atoms with Gasteiger partial charge >= 0.3 is 11.3 Å². The summed E-state index contributed by atoms with van der Waals surface area (Å²) in [5.74, 6) is -1.55. The highest BCUT2D eigenvalue weighted by Gasteiger charge is 2.46. The number of aryl methyl sites for hydroxylation is 1. The van der Waals surface area contributed by atoms with Crippen LogP contribution in [0.3, 0.4) is 0 Å². The van der Waals surface area contributed by atoms with Gasteiger partial charge in [0.15, 0.2) is 4.47 Å². The number of pyridine rings is 1. The van der Waals surface area contributed by atoms with Crippen molar-refractivity contribution in [2.24, 2.45) is 0 Å². The van der Waals surface area contributed by atoms with Crippen LogP contribution in [0.2, 0.25) is 4.47 Å². The van der Waals surface area contributed by atoms with E-state index in [2.05, 4.69) is 4.98 Å². The van der Waals surface area contributed by atoms with Crippen LogP contribution in [0.4, 0.5) is 8.78 Å². The zero-order chi connectivity index (χ0) is 18.4. The third-order valence-electron chi connectivity index (χ3n) is 3.61. The standard InChI is InChI=1S/C15H12Cl2F2N3O2S/c1-8-4-3-5-21-12(8)22(7-9-6-20-14(16)25-9)10(13(21)24-2)11(23)15(17,18)19/h3-6H,7H2,1-2H3/q+1. The SMILES string of the molecule is COc1c(C(=O)C(F)(F)Cl)n(Cc2cnc(Cl)s2)c2c(C)ccc[n+]12. The molecule has 10 heteroatoms. The third-order valence-corrected chi connectivity index (χ3v) is 4.89. The van der Waals surface area contributed by atoms with Crippen LogP contribution in [0, 0.1) is 6.92 Å². The predicted molar refractivity (Wildman–Crippen MR) is 90.2 cm³/mol. The van der Waals surface area contributed by atoms with Crippen molar-refractivity contribution >= 4 is 46.0 Å². The highest BCUT2D eigenvalue weighted by atomic mass is 35.5. The Labute approximate surface area is 155 Å². The first-order chi connectivity index (χ1) is 11.7. The summed E-state index contributed by atoms with van der Waals surface area (Å²) in [6, 6.07) is 3.53. The van der Waals surface area contributed by atoms with Crippen LogP contribution in [0.5, 0.6) is 5.88 Å². The van der Waals surface area contributed by atoms with E-state index in [1.54, 1.807) is 25.3 Å². The van der Waals surface area contributed by atoms with Gasteiger partial charge in [0.1, 0.15) is 6.54 Å². The van der Waals surface area contributed by atoms with E-state index in [-0.39, 0.29) is 18.1 Å². The number of alkyl halides is 3. The van der Waals surface area contributed by atoms with Crippen molar-refractivity contribution in [2.75, 3.05) is 7.11 Å². The van der Waals surface area contributed by atoms with Crippen LogP contribution < -0.4 is 9.14 Å². The van der Waals surface area contributed by atoms with E-state index in [1.165, 1.54) is 33.6 Å². The minimum atomic E-state index is -4.06. The number of carbonyl (C=O) groups excluding carboxylic acids is 1. The molecule has 0 N–H and O–H groups in total. The molecule has 0 aliphatic heterocycles. The summed E-state index contributed by atoms with van der Waals surface area (Å²) < 4.78 is 35.7. The van der Waals surface area contributed by atoms with Gasteiger partial charge in [-0.3, -0.25) is 4.79 Å². The zero-order valence-corrected chi connectivity index (χ0v) is 15.4. The Balaban J connectivity index is 2.32. The summed E-state index contributed by atoms with van der Waals surface area (Å²) in [6.07, 6.45) is 3.15. The molecule has 0 unspecified atom stereocenters. The molecule has 0 aliphatic rings. The molecule has 0 aromatic carbocycles. The smallest absolute Gasteiger partial charge is 0.388 e. The lowest BCUT2D eigenvalue weighted by molar-refractivity contribution is -0.520. The molecular formula is C15H12Cl2F2N3O2S+. The second-order valence-corrected chi connectivity index (χ2v) is 7.41. The topological polar surface area (TPSA) is 48.2 Å². The highest BCUT2D eigenvalue weighted by molar-refractivity contribution is 7.15. The van der Waals surface area contributed by atoms with E-state index in [1.807, 2.05) is 0 Å². The number of hydrogen-bond acceptors (Lipinski definition) is 4. The van der Waals surface area contributed by atoms with E-state index in [0.717, 1.165) is 5.56 Å². The van der Waals surface area contributed by atoms with Crippen LogP contribution in [0.15, 0.2) is 24.5 Å². The number of Topliss-reactive ketones (excluding diaryl/α,β-unsaturated/α-hetero) is 1. The van der Waals surface area contributed by atoms with E-state index in [4.69, 9.17) is 27.9 Å². The van der Waals surface area contributed by atoms with Crippen molar-refractivity contribution < 1.29 is 22.7 Å². The first-order valence-electron chi connectivity index (χ1n) is 7.03. The summed E-state index contributed by atoms with van der Waals surface area (Å²) >= 11 is 12.0. The average Bonchev–Trinajstić information content (AvgIpc) is 3.08. The second-order valence-electron chi connectivity index (χ2n) is 5.24. The summed E-state index contributed by atoms with van der Waals surface area (Å²) in [5, 5.41) is -4.06. The van der Waals surface area contributed by atoms with Gasteiger partial charge in [0.05, 0.1) is 18.2 Å². The Morgan fingerprint density at radius 2 is 2.24 bits per heavy atom. The van der Waals surface area contributed by atoms with Gasteiger partial charge in [0.25, 0.3) is 17.1 Å². The van der Waals surface area contributed by atoms with Crippen LogP contribution in [0.1, 0.15) is 20.9 Å². The molecule has 0 saturated heterocycles. The number of ketones is 1. The summed E-state index contributed by atoms with van der Waals surface area (Å²) in [6.45, 7) is 1.92. The van der Waals surface area contributed by atoms with Gasteiger partial charge in [-0.15, -0.1) is 11.3 Å². The lowest BCUT2D eigenvalue weighted by Crippen LogP contribution is -2.26. The maximum absolute atomic E-state index is 13.6. The van der Waals surface area contributed by atoms with Crippen molar-refractivity contribution in [1.82, 2.24) is 9.55 Å². The summed E-state index contributed by atoms with van der Waals surface area (Å²) in [7, 11) is 1.31. The molecule has 132 valence electrons. The summed E-state index contributed by atoms with van der Waals surface area (Å²) in [4.78, 5) is 16.9. The van der Waals surface area contributed by atoms with Crippen LogP contribution in [0.25, 0.3) is 5.65 Å². The molecule has 0 aliphatic carbocycles. The van der Waals surface area contributed by atoms with Gasteiger partial charge < -0.3 is 4.74 Å². The molecule has 25 heavy (non-hydrogen) atoms. The number of nitrogens with zero attached hydrogens (tertiary/aromatic N) is 3. The maximum Gasteiger partial charge on any atom is 0.388 e. The van der Waals surface area contributed by atoms with E-state index < -0.39 is 11.2 Å². The Morgan fingerprint density at radius 1 is 1.52 bits per heavy atom. The fourth-order valence-electron chi connectivity index (χ4n) is 2.67. The Hall–Kier alpha value is -1.77. The quantitative estimate of drug-likeness (QED) is 0.368. The number of aromatic nitrogens is 3. The van der Waals surface area contributed by atoms with E-state index in [0.29, 0.717) is 15.0 Å². The third kappa shape index (κ3) is 3.21. The van der Waals surface area contributed by atoms with Crippen LogP contribution in [-0.2, 0) is 6.54 Å². The first-order valence-corrected chi connectivity index (χ1v) is 8.60. The van der Waals surface area contributed by atoms with E-state index >= 15 is 0 Å². The van der Waals surface area contributed by atoms with Crippen molar-refractivity contribution in [1.29, 1.82) is 0 Å². The first kappa shape index (κ1) is 18.0. The number of imidazole rings is 1. The maximum atomic E-state index is 13.6. The molecule has 0 saturated carbocycles. The molecule has 3 aromatic heterocycles. The van der Waals surface area contributed by atoms with Gasteiger partial charge in [0, 0.05) is 11.8 Å². The normalized spacial score (nSPS) is 11.9. The monoisotopic (exact) mass is 406 g/mol. The molecule has 0 spiro atoms. The number of halogens is 4. The van der Waals surface area contributed by atoms with Crippen molar-refractivity contribution in [3.05, 3.63) is 45.1 Å². The fraction of sp³-hybridized carbons (Fsp3) is 0.267. The van der Waals surface area contributed by atoms with E-state index in [9.17, 15) is 13.6 Å². The zero-order valence-electron chi connectivity index (χ0n) is 13.1. The van der Waals surface area contributed by atoms with Gasteiger partial charge in [-0.1, -0.05) is 11.6 Å².